The van der Waals surface area contributed by atoms with E-state index >= 15 is 0 Å². The van der Waals surface area contributed by atoms with E-state index in [0.717, 1.165) is 29.0 Å². The summed E-state index contributed by atoms with van der Waals surface area (Å²) in [6.45, 7) is 2.76. The van der Waals surface area contributed by atoms with E-state index in [4.69, 9.17) is 11.6 Å². The lowest BCUT2D eigenvalue weighted by atomic mass is 10.3. The van der Waals surface area contributed by atoms with Gasteiger partial charge in [-0.2, -0.15) is 0 Å². The second-order valence-electron chi connectivity index (χ2n) is 4.29. The van der Waals surface area contributed by atoms with Crippen LogP contribution in [0.1, 0.15) is 18.4 Å². The number of hydrogen-bond donors (Lipinski definition) is 0. The monoisotopic (exact) mass is 272 g/mol. The highest BCUT2D eigenvalue weighted by molar-refractivity contribution is 6.29. The van der Waals surface area contributed by atoms with Gasteiger partial charge in [0.15, 0.2) is 0 Å². The van der Waals surface area contributed by atoms with Crippen LogP contribution in [0.25, 0.3) is 11.0 Å². The smallest absolute Gasteiger partial charge is 0.147 e. The maximum Gasteiger partial charge on any atom is 0.147 e. The highest BCUT2D eigenvalue weighted by Crippen LogP contribution is 2.17. The quantitative estimate of drug-likeness (QED) is 0.736. The Hall–Kier alpha value is -1.94. The van der Waals surface area contributed by atoms with Gasteiger partial charge in [-0.3, -0.25) is 4.98 Å². The number of hydrogen-bond acceptors (Lipinski definition) is 3. The zero-order valence-electron chi connectivity index (χ0n) is 10.5. The molecule has 0 saturated heterocycles. The SMILES string of the molecule is CCc1nc2ccccc2n1Cc1cnc(Cl)cn1. The van der Waals surface area contributed by atoms with Crippen molar-refractivity contribution in [2.24, 2.45) is 0 Å². The second kappa shape index (κ2) is 4.97. The molecule has 3 aromatic rings. The standard InChI is InChI=1S/C14H13ClN4/c1-2-14-18-11-5-3-4-6-12(11)19(14)9-10-7-17-13(15)8-16-10/h3-8H,2,9H2,1H3. The van der Waals surface area contributed by atoms with Gasteiger partial charge in [0.25, 0.3) is 0 Å². The molecule has 1 aromatic carbocycles. The minimum atomic E-state index is 0.412. The van der Waals surface area contributed by atoms with Crippen LogP contribution in [0.5, 0.6) is 0 Å². The van der Waals surface area contributed by atoms with Crippen LogP contribution in [0.3, 0.4) is 0 Å². The van der Waals surface area contributed by atoms with E-state index in [9.17, 15) is 0 Å². The first kappa shape index (κ1) is 12.1. The van der Waals surface area contributed by atoms with E-state index in [-0.39, 0.29) is 0 Å². The van der Waals surface area contributed by atoms with Crippen LogP contribution in [-0.2, 0) is 13.0 Å². The molecule has 19 heavy (non-hydrogen) atoms. The number of halogens is 1. The molecule has 4 nitrogen and oxygen atoms in total. The van der Waals surface area contributed by atoms with Crippen LogP contribution in [0, 0.1) is 0 Å². The average molecular weight is 273 g/mol. The third-order valence-electron chi connectivity index (χ3n) is 3.04. The molecular weight excluding hydrogens is 260 g/mol. The van der Waals surface area contributed by atoms with Gasteiger partial charge in [0.05, 0.1) is 35.7 Å². The molecule has 0 radical (unpaired) electrons. The van der Waals surface area contributed by atoms with Crippen molar-refractivity contribution >= 4 is 22.6 Å². The van der Waals surface area contributed by atoms with Crippen molar-refractivity contribution in [1.29, 1.82) is 0 Å². The molecule has 2 aromatic heterocycles. The minimum absolute atomic E-state index is 0.412. The van der Waals surface area contributed by atoms with E-state index in [0.29, 0.717) is 11.7 Å². The fraction of sp³-hybridized carbons (Fsp3) is 0.214. The Bertz CT molecular complexity index is 703. The van der Waals surface area contributed by atoms with Crippen LogP contribution in [0.4, 0.5) is 0 Å². The summed E-state index contributed by atoms with van der Waals surface area (Å²) in [5.41, 5.74) is 3.01. The minimum Gasteiger partial charge on any atom is -0.322 e. The first-order valence-corrected chi connectivity index (χ1v) is 6.56. The zero-order valence-corrected chi connectivity index (χ0v) is 11.3. The van der Waals surface area contributed by atoms with E-state index in [2.05, 4.69) is 32.5 Å². The molecule has 0 amide bonds. The maximum atomic E-state index is 5.75. The molecule has 0 atom stereocenters. The molecule has 0 unspecified atom stereocenters. The van der Waals surface area contributed by atoms with Crippen molar-refractivity contribution in [3.8, 4) is 0 Å². The molecule has 2 heterocycles. The highest BCUT2D eigenvalue weighted by Gasteiger charge is 2.09. The summed E-state index contributed by atoms with van der Waals surface area (Å²) < 4.78 is 2.17. The molecule has 0 saturated carbocycles. The maximum absolute atomic E-state index is 5.75. The Kier molecular flexibility index (Phi) is 3.17. The molecule has 0 spiro atoms. The summed E-state index contributed by atoms with van der Waals surface area (Å²) in [6.07, 6.45) is 4.16. The molecule has 5 heteroatoms. The van der Waals surface area contributed by atoms with E-state index in [1.54, 1.807) is 12.4 Å². The summed E-state index contributed by atoms with van der Waals surface area (Å²) in [5, 5.41) is 0.412. The number of fused-ring (bicyclic) bond motifs is 1. The molecule has 0 bridgehead atoms. The van der Waals surface area contributed by atoms with Crippen molar-refractivity contribution in [3.05, 3.63) is 53.3 Å². The number of nitrogens with zero attached hydrogens (tertiary/aromatic N) is 4. The van der Waals surface area contributed by atoms with E-state index in [1.165, 1.54) is 0 Å². The largest absolute Gasteiger partial charge is 0.322 e. The lowest BCUT2D eigenvalue weighted by molar-refractivity contribution is 0.732. The van der Waals surface area contributed by atoms with Gasteiger partial charge in [-0.25, -0.2) is 9.97 Å². The van der Waals surface area contributed by atoms with Gasteiger partial charge < -0.3 is 4.57 Å². The van der Waals surface area contributed by atoms with E-state index in [1.807, 2.05) is 18.2 Å². The van der Waals surface area contributed by atoms with Crippen molar-refractivity contribution in [1.82, 2.24) is 19.5 Å². The number of aryl methyl sites for hydroxylation is 1. The summed E-state index contributed by atoms with van der Waals surface area (Å²) in [6, 6.07) is 8.12. The molecule has 0 aliphatic heterocycles. The van der Waals surface area contributed by atoms with Crippen LogP contribution < -0.4 is 0 Å². The molecule has 3 rings (SSSR count). The van der Waals surface area contributed by atoms with Crippen LogP contribution in [0.2, 0.25) is 5.15 Å². The summed E-state index contributed by atoms with van der Waals surface area (Å²) in [7, 11) is 0. The number of aromatic nitrogens is 4. The van der Waals surface area contributed by atoms with Gasteiger partial charge in [0.1, 0.15) is 11.0 Å². The Labute approximate surface area is 116 Å². The molecule has 0 N–H and O–H groups in total. The summed E-state index contributed by atoms with van der Waals surface area (Å²) >= 11 is 5.75. The van der Waals surface area contributed by atoms with Gasteiger partial charge in [-0.1, -0.05) is 30.7 Å². The van der Waals surface area contributed by atoms with Crippen molar-refractivity contribution in [2.75, 3.05) is 0 Å². The zero-order chi connectivity index (χ0) is 13.2. The van der Waals surface area contributed by atoms with E-state index < -0.39 is 0 Å². The third-order valence-corrected chi connectivity index (χ3v) is 3.24. The number of benzene rings is 1. The average Bonchev–Trinajstić information content (AvgIpc) is 2.79. The predicted octanol–water partition coefficient (Wildman–Crippen LogP) is 3.09. The van der Waals surface area contributed by atoms with Crippen molar-refractivity contribution in [2.45, 2.75) is 19.9 Å². The Morgan fingerprint density at radius 3 is 2.74 bits per heavy atom. The number of para-hydroxylation sites is 2. The fourth-order valence-corrected chi connectivity index (χ4v) is 2.25. The normalized spacial score (nSPS) is 11.1. The number of rotatable bonds is 3. The highest BCUT2D eigenvalue weighted by atomic mass is 35.5. The lowest BCUT2D eigenvalue weighted by Crippen LogP contribution is -2.06. The predicted molar refractivity (Wildman–Crippen MR) is 75.3 cm³/mol. The van der Waals surface area contributed by atoms with Gasteiger partial charge in [0.2, 0.25) is 0 Å². The number of imidazole rings is 1. The summed E-state index contributed by atoms with van der Waals surface area (Å²) in [4.78, 5) is 13.0. The lowest BCUT2D eigenvalue weighted by Gasteiger charge is -2.07. The molecule has 0 aliphatic rings. The van der Waals surface area contributed by atoms with Crippen LogP contribution in [0.15, 0.2) is 36.7 Å². The van der Waals surface area contributed by atoms with Crippen LogP contribution in [-0.4, -0.2) is 19.5 Å². The van der Waals surface area contributed by atoms with Gasteiger partial charge in [0, 0.05) is 6.42 Å². The van der Waals surface area contributed by atoms with Crippen LogP contribution >= 0.6 is 11.6 Å². The Morgan fingerprint density at radius 2 is 2.00 bits per heavy atom. The molecule has 96 valence electrons. The summed E-state index contributed by atoms with van der Waals surface area (Å²) in [5.74, 6) is 1.05. The molecular formula is C14H13ClN4. The van der Waals surface area contributed by atoms with Crippen molar-refractivity contribution < 1.29 is 0 Å². The molecule has 0 aliphatic carbocycles. The van der Waals surface area contributed by atoms with Gasteiger partial charge in [-0.05, 0) is 12.1 Å². The Morgan fingerprint density at radius 1 is 1.16 bits per heavy atom. The first-order valence-electron chi connectivity index (χ1n) is 6.18. The second-order valence-corrected chi connectivity index (χ2v) is 4.67. The van der Waals surface area contributed by atoms with Gasteiger partial charge in [-0.15, -0.1) is 0 Å². The first-order chi connectivity index (χ1) is 9.28. The third kappa shape index (κ3) is 2.31. The topological polar surface area (TPSA) is 43.6 Å². The fourth-order valence-electron chi connectivity index (χ4n) is 2.15. The van der Waals surface area contributed by atoms with Crippen molar-refractivity contribution in [3.63, 3.8) is 0 Å². The molecule has 0 fully saturated rings. The Balaban J connectivity index is 2.06. The van der Waals surface area contributed by atoms with Gasteiger partial charge >= 0.3 is 0 Å².